The molecule has 0 aliphatic rings. The van der Waals surface area contributed by atoms with E-state index in [0.717, 1.165) is 13.4 Å². The van der Waals surface area contributed by atoms with Gasteiger partial charge in [0.25, 0.3) is 10.0 Å². The zero-order chi connectivity index (χ0) is 18.6. The fraction of sp³-hybridized carbons (Fsp3) is 0.278. The predicted molar refractivity (Wildman–Crippen MR) is 106 cm³/mol. The number of sulfonamides is 1. The molecule has 0 aliphatic heterocycles. The highest BCUT2D eigenvalue weighted by Crippen LogP contribution is 2.25. The van der Waals surface area contributed by atoms with Crippen LogP contribution in [0.4, 0.5) is 5.69 Å². The van der Waals surface area contributed by atoms with Crippen LogP contribution in [0.1, 0.15) is 19.4 Å². The molecule has 0 saturated carbocycles. The first kappa shape index (κ1) is 19.7. The molecule has 0 spiro atoms. The highest BCUT2D eigenvalue weighted by molar-refractivity contribution is 14.1. The van der Waals surface area contributed by atoms with Crippen LogP contribution in [0.5, 0.6) is 0 Å². The van der Waals surface area contributed by atoms with Gasteiger partial charge in [-0.25, -0.2) is 8.42 Å². The van der Waals surface area contributed by atoms with Gasteiger partial charge in [-0.05, 0) is 73.7 Å². The number of anilines is 1. The van der Waals surface area contributed by atoms with E-state index >= 15 is 0 Å². The largest absolute Gasteiger partial charge is 0.462 e. The van der Waals surface area contributed by atoms with Crippen LogP contribution in [0.15, 0.2) is 53.4 Å². The molecule has 25 heavy (non-hydrogen) atoms. The zero-order valence-corrected chi connectivity index (χ0v) is 17.2. The molecule has 134 valence electrons. The molecule has 0 amide bonds. The Balaban J connectivity index is 2.46. The Labute approximate surface area is 162 Å². The number of aryl methyl sites for hydroxylation is 1. The van der Waals surface area contributed by atoms with Crippen molar-refractivity contribution in [2.45, 2.75) is 31.8 Å². The molecule has 0 saturated heterocycles. The predicted octanol–water partition coefficient (Wildman–Crippen LogP) is 3.75. The number of nitrogens with zero attached hydrogens (tertiary/aromatic N) is 1. The molecule has 5 nitrogen and oxygen atoms in total. The van der Waals surface area contributed by atoms with Crippen molar-refractivity contribution in [2.24, 2.45) is 0 Å². The molecule has 0 N–H and O–H groups in total. The van der Waals surface area contributed by atoms with Gasteiger partial charge in [0, 0.05) is 3.57 Å². The molecule has 0 aromatic heterocycles. The van der Waals surface area contributed by atoms with Crippen molar-refractivity contribution < 1.29 is 17.9 Å². The summed E-state index contributed by atoms with van der Waals surface area (Å²) in [4.78, 5) is 12.3. The number of ether oxygens (including phenoxy) is 1. The molecule has 2 aromatic carbocycles. The maximum atomic E-state index is 13.1. The van der Waals surface area contributed by atoms with Gasteiger partial charge in [0.05, 0.1) is 16.7 Å². The van der Waals surface area contributed by atoms with Crippen molar-refractivity contribution in [1.29, 1.82) is 0 Å². The summed E-state index contributed by atoms with van der Waals surface area (Å²) >= 11 is 2.10. The van der Waals surface area contributed by atoms with Crippen LogP contribution in [0.2, 0.25) is 0 Å². The Morgan fingerprint density at radius 3 is 2.36 bits per heavy atom. The number of rotatable bonds is 6. The number of halogens is 1. The first-order valence-electron chi connectivity index (χ1n) is 7.74. The lowest BCUT2D eigenvalue weighted by atomic mass is 10.2. The van der Waals surface area contributed by atoms with E-state index in [9.17, 15) is 13.2 Å². The van der Waals surface area contributed by atoms with Crippen LogP contribution in [-0.4, -0.2) is 27.0 Å². The highest BCUT2D eigenvalue weighted by Gasteiger charge is 2.28. The van der Waals surface area contributed by atoms with Crippen LogP contribution in [0, 0.1) is 10.5 Å². The van der Waals surface area contributed by atoms with E-state index in [2.05, 4.69) is 22.6 Å². The third-order valence-corrected chi connectivity index (χ3v) is 5.80. The molecule has 2 rings (SSSR count). The average Bonchev–Trinajstić information content (AvgIpc) is 2.52. The van der Waals surface area contributed by atoms with E-state index in [1.165, 1.54) is 0 Å². The van der Waals surface area contributed by atoms with Gasteiger partial charge in [-0.1, -0.05) is 23.8 Å². The molecule has 0 bridgehead atoms. The fourth-order valence-corrected chi connectivity index (χ4v) is 4.13. The summed E-state index contributed by atoms with van der Waals surface area (Å²) in [5.41, 5.74) is 1.38. The van der Waals surface area contributed by atoms with Gasteiger partial charge >= 0.3 is 5.97 Å². The van der Waals surface area contributed by atoms with Gasteiger partial charge in [0.1, 0.15) is 6.54 Å². The maximum Gasteiger partial charge on any atom is 0.327 e. The van der Waals surface area contributed by atoms with Crippen molar-refractivity contribution in [3.63, 3.8) is 0 Å². The van der Waals surface area contributed by atoms with E-state index in [-0.39, 0.29) is 17.5 Å². The molecule has 0 heterocycles. The van der Waals surface area contributed by atoms with Crippen molar-refractivity contribution in [3.05, 3.63) is 57.7 Å². The molecule has 0 fully saturated rings. The van der Waals surface area contributed by atoms with Crippen LogP contribution in [-0.2, 0) is 19.6 Å². The summed E-state index contributed by atoms with van der Waals surface area (Å²) in [5, 5.41) is 0. The van der Waals surface area contributed by atoms with E-state index in [4.69, 9.17) is 4.74 Å². The van der Waals surface area contributed by atoms with Crippen molar-refractivity contribution in [1.82, 2.24) is 0 Å². The monoisotopic (exact) mass is 473 g/mol. The molecule has 0 unspecified atom stereocenters. The van der Waals surface area contributed by atoms with Crippen LogP contribution < -0.4 is 4.31 Å². The number of hydrogen-bond donors (Lipinski definition) is 0. The summed E-state index contributed by atoms with van der Waals surface area (Å²) in [6, 6.07) is 13.5. The van der Waals surface area contributed by atoms with Gasteiger partial charge in [0.15, 0.2) is 0 Å². The molecular formula is C18H20INO4S. The molecule has 7 heteroatoms. The van der Waals surface area contributed by atoms with Crippen molar-refractivity contribution in [3.8, 4) is 0 Å². The molecule has 0 atom stereocenters. The second-order valence-electron chi connectivity index (χ2n) is 5.84. The number of hydrogen-bond acceptors (Lipinski definition) is 4. The molecule has 2 aromatic rings. The summed E-state index contributed by atoms with van der Waals surface area (Å²) in [6.07, 6.45) is -0.313. The molecule has 0 radical (unpaired) electrons. The number of carbonyl (C=O) groups excluding carboxylic acids is 1. The lowest BCUT2D eigenvalue weighted by molar-refractivity contribution is -0.145. The van der Waals surface area contributed by atoms with E-state index < -0.39 is 16.0 Å². The summed E-state index contributed by atoms with van der Waals surface area (Å²) in [7, 11) is -3.89. The minimum Gasteiger partial charge on any atom is -0.462 e. The van der Waals surface area contributed by atoms with Gasteiger partial charge in [-0.3, -0.25) is 9.10 Å². The topological polar surface area (TPSA) is 63.7 Å². The van der Waals surface area contributed by atoms with Gasteiger partial charge < -0.3 is 4.74 Å². The van der Waals surface area contributed by atoms with Gasteiger partial charge in [-0.15, -0.1) is 0 Å². The van der Waals surface area contributed by atoms with Crippen LogP contribution in [0.3, 0.4) is 0 Å². The second kappa shape index (κ2) is 8.18. The summed E-state index contributed by atoms with van der Waals surface area (Å²) in [6.45, 7) is 4.95. The van der Waals surface area contributed by atoms with Crippen LogP contribution in [0.25, 0.3) is 0 Å². The Hall–Kier alpha value is -1.61. The Morgan fingerprint density at radius 2 is 1.80 bits per heavy atom. The minimum atomic E-state index is -3.89. The third kappa shape index (κ3) is 5.18. The Morgan fingerprint density at radius 1 is 1.16 bits per heavy atom. The lowest BCUT2D eigenvalue weighted by Gasteiger charge is -2.24. The molecular weight excluding hydrogens is 453 g/mol. The first-order valence-corrected chi connectivity index (χ1v) is 10.3. The number of carbonyl (C=O) groups is 1. The van der Waals surface area contributed by atoms with Crippen LogP contribution >= 0.6 is 22.6 Å². The zero-order valence-electron chi connectivity index (χ0n) is 14.3. The van der Waals surface area contributed by atoms with Gasteiger partial charge in [0.2, 0.25) is 0 Å². The summed E-state index contributed by atoms with van der Waals surface area (Å²) in [5.74, 6) is -0.593. The SMILES string of the molecule is Cc1ccc(S(=O)(=O)N(CC(=O)OC(C)C)c2cccc(I)c2)cc1. The minimum absolute atomic E-state index is 0.134. The molecule has 0 aliphatic carbocycles. The smallest absolute Gasteiger partial charge is 0.327 e. The third-order valence-electron chi connectivity index (χ3n) is 3.35. The normalized spacial score (nSPS) is 11.4. The second-order valence-corrected chi connectivity index (χ2v) is 8.95. The standard InChI is InChI=1S/C18H20INO4S/c1-13(2)24-18(21)12-20(16-6-4-5-15(19)11-16)25(22,23)17-9-7-14(3)8-10-17/h4-11,13H,12H2,1-3H3. The highest BCUT2D eigenvalue weighted by atomic mass is 127. The van der Waals surface area contributed by atoms with E-state index in [0.29, 0.717) is 5.69 Å². The number of esters is 1. The van der Waals surface area contributed by atoms with E-state index in [1.54, 1.807) is 56.3 Å². The average molecular weight is 473 g/mol. The van der Waals surface area contributed by atoms with Gasteiger partial charge in [-0.2, -0.15) is 0 Å². The van der Waals surface area contributed by atoms with E-state index in [1.807, 2.05) is 13.0 Å². The van der Waals surface area contributed by atoms with Crippen molar-refractivity contribution in [2.75, 3.05) is 10.8 Å². The fourth-order valence-electron chi connectivity index (χ4n) is 2.20. The van der Waals surface area contributed by atoms with Crippen molar-refractivity contribution >= 4 is 44.3 Å². The maximum absolute atomic E-state index is 13.1. The first-order chi connectivity index (χ1) is 11.7. The number of benzene rings is 2. The lowest BCUT2D eigenvalue weighted by Crippen LogP contribution is -2.37. The Bertz CT molecular complexity index is 848. The quantitative estimate of drug-likeness (QED) is 0.474. The Kier molecular flexibility index (Phi) is 6.45. The summed E-state index contributed by atoms with van der Waals surface area (Å²) < 4.78 is 33.3.